The Morgan fingerprint density at radius 2 is 1.61 bits per heavy atom. The molecule has 8 nitrogen and oxygen atoms in total. The number of carbonyl (C=O) groups excluding carboxylic acids is 3. The van der Waals surface area contributed by atoms with Gasteiger partial charge in [0.25, 0.3) is 5.91 Å². The molecule has 3 aromatic rings. The summed E-state index contributed by atoms with van der Waals surface area (Å²) in [6.45, 7) is 3.31. The lowest BCUT2D eigenvalue weighted by molar-refractivity contribution is -0.143. The van der Waals surface area contributed by atoms with Crippen molar-refractivity contribution in [2.45, 2.75) is 20.4 Å². The molecule has 0 saturated heterocycles. The third-order valence-corrected chi connectivity index (χ3v) is 5.56. The molecule has 0 saturated carbocycles. The Morgan fingerprint density at radius 1 is 1.00 bits per heavy atom. The number of ether oxygens (including phenoxy) is 3. The van der Waals surface area contributed by atoms with Crippen LogP contribution in [0.25, 0.3) is 10.2 Å². The summed E-state index contributed by atoms with van der Waals surface area (Å²) < 4.78 is 18.2. The molecule has 0 radical (unpaired) electrons. The summed E-state index contributed by atoms with van der Waals surface area (Å²) in [4.78, 5) is 41.0. The fourth-order valence-corrected chi connectivity index (χ4v) is 4.01. The number of esters is 1. The zero-order chi connectivity index (χ0) is 22.5. The summed E-state index contributed by atoms with van der Waals surface area (Å²) in [6, 6.07) is 9.77. The number of amides is 1. The number of nitrogens with zero attached hydrogens (tertiary/aromatic N) is 2. The summed E-state index contributed by atoms with van der Waals surface area (Å²) >= 11 is 1.24. The molecule has 0 spiro atoms. The number of benzene rings is 2. The summed E-state index contributed by atoms with van der Waals surface area (Å²) in [6.07, 6.45) is 0. The van der Waals surface area contributed by atoms with Crippen LogP contribution >= 0.6 is 11.3 Å². The molecular formula is C22H22N2O6S. The Bertz CT molecular complexity index is 1210. The Hall–Kier alpha value is -3.46. The molecule has 0 aliphatic carbocycles. The third-order valence-electron chi connectivity index (χ3n) is 4.52. The lowest BCUT2D eigenvalue weighted by Gasteiger charge is -2.09. The SMILES string of the molecule is CCOC(=O)Cn1c(=NC(=O)c2ccc(C(C)=O)cc2)sc2cc(OC)c(OC)cc21. The zero-order valence-electron chi connectivity index (χ0n) is 17.6. The van der Waals surface area contributed by atoms with Gasteiger partial charge in [-0.1, -0.05) is 23.5 Å². The molecular weight excluding hydrogens is 420 g/mol. The fraction of sp³-hybridized carbons (Fsp3) is 0.273. The van der Waals surface area contributed by atoms with Crippen LogP contribution < -0.4 is 14.3 Å². The van der Waals surface area contributed by atoms with E-state index in [1.807, 2.05) is 0 Å². The number of fused-ring (bicyclic) bond motifs is 1. The van der Waals surface area contributed by atoms with Gasteiger partial charge in [0.15, 0.2) is 22.1 Å². The smallest absolute Gasteiger partial charge is 0.326 e. The van der Waals surface area contributed by atoms with Gasteiger partial charge in [0.2, 0.25) is 0 Å². The van der Waals surface area contributed by atoms with Crippen molar-refractivity contribution in [3.63, 3.8) is 0 Å². The van der Waals surface area contributed by atoms with Crippen molar-refractivity contribution in [2.24, 2.45) is 4.99 Å². The van der Waals surface area contributed by atoms with Crippen molar-refractivity contribution < 1.29 is 28.6 Å². The monoisotopic (exact) mass is 442 g/mol. The van der Waals surface area contributed by atoms with E-state index in [9.17, 15) is 14.4 Å². The number of methoxy groups -OCH3 is 2. The van der Waals surface area contributed by atoms with Gasteiger partial charge >= 0.3 is 5.97 Å². The van der Waals surface area contributed by atoms with E-state index >= 15 is 0 Å². The molecule has 2 aromatic carbocycles. The normalized spacial score (nSPS) is 11.4. The van der Waals surface area contributed by atoms with Crippen molar-refractivity contribution in [3.05, 3.63) is 52.3 Å². The van der Waals surface area contributed by atoms with Crippen molar-refractivity contribution in [2.75, 3.05) is 20.8 Å². The van der Waals surface area contributed by atoms with Crippen LogP contribution in [-0.4, -0.2) is 43.1 Å². The largest absolute Gasteiger partial charge is 0.493 e. The van der Waals surface area contributed by atoms with Crippen molar-refractivity contribution in [1.82, 2.24) is 4.57 Å². The number of Topliss-reactive ketones (excluding diaryl/α,β-unsaturated/α-hetero) is 1. The van der Waals surface area contributed by atoms with Crippen molar-refractivity contribution in [3.8, 4) is 11.5 Å². The van der Waals surface area contributed by atoms with Gasteiger partial charge in [-0.2, -0.15) is 4.99 Å². The Morgan fingerprint density at radius 3 is 2.19 bits per heavy atom. The van der Waals surface area contributed by atoms with Crippen LogP contribution in [0.15, 0.2) is 41.4 Å². The highest BCUT2D eigenvalue weighted by atomic mass is 32.1. The van der Waals surface area contributed by atoms with Crippen LogP contribution in [0.1, 0.15) is 34.6 Å². The lowest BCUT2D eigenvalue weighted by Crippen LogP contribution is -2.23. The predicted molar refractivity (Wildman–Crippen MR) is 116 cm³/mol. The van der Waals surface area contributed by atoms with Crippen LogP contribution in [0.5, 0.6) is 11.5 Å². The van der Waals surface area contributed by atoms with Gasteiger partial charge in [-0.3, -0.25) is 14.4 Å². The first-order valence-electron chi connectivity index (χ1n) is 9.49. The summed E-state index contributed by atoms with van der Waals surface area (Å²) in [5.74, 6) is -0.00847. The third kappa shape index (κ3) is 4.83. The van der Waals surface area contributed by atoms with E-state index in [4.69, 9.17) is 14.2 Å². The molecule has 0 fully saturated rings. The molecule has 0 N–H and O–H groups in total. The molecule has 162 valence electrons. The maximum absolute atomic E-state index is 12.8. The van der Waals surface area contributed by atoms with E-state index in [2.05, 4.69) is 4.99 Å². The second-order valence-electron chi connectivity index (χ2n) is 6.50. The van der Waals surface area contributed by atoms with E-state index in [1.54, 1.807) is 47.9 Å². The average molecular weight is 442 g/mol. The van der Waals surface area contributed by atoms with Gasteiger partial charge in [0.1, 0.15) is 6.54 Å². The number of hydrogen-bond donors (Lipinski definition) is 0. The van der Waals surface area contributed by atoms with Crippen LogP contribution in [0.2, 0.25) is 0 Å². The van der Waals surface area contributed by atoms with Gasteiger partial charge < -0.3 is 18.8 Å². The van der Waals surface area contributed by atoms with Gasteiger partial charge in [0, 0.05) is 23.3 Å². The highest BCUT2D eigenvalue weighted by molar-refractivity contribution is 7.16. The van der Waals surface area contributed by atoms with Crippen LogP contribution in [0.4, 0.5) is 0 Å². The minimum Gasteiger partial charge on any atom is -0.493 e. The molecule has 1 aromatic heterocycles. The molecule has 3 rings (SSSR count). The molecule has 0 unspecified atom stereocenters. The second kappa shape index (κ2) is 9.57. The fourth-order valence-electron chi connectivity index (χ4n) is 2.97. The van der Waals surface area contributed by atoms with Gasteiger partial charge in [-0.05, 0) is 26.0 Å². The summed E-state index contributed by atoms with van der Waals surface area (Å²) in [5.41, 5.74) is 1.50. The zero-order valence-corrected chi connectivity index (χ0v) is 18.4. The van der Waals surface area contributed by atoms with E-state index in [1.165, 1.54) is 32.5 Å². The second-order valence-corrected chi connectivity index (χ2v) is 7.51. The Labute approximate surface area is 182 Å². The molecule has 1 heterocycles. The molecule has 1 amide bonds. The van der Waals surface area contributed by atoms with E-state index < -0.39 is 11.9 Å². The Kier molecular flexibility index (Phi) is 6.86. The number of rotatable bonds is 7. The lowest BCUT2D eigenvalue weighted by atomic mass is 10.1. The molecule has 0 aliphatic rings. The molecule has 0 bridgehead atoms. The highest BCUT2D eigenvalue weighted by Gasteiger charge is 2.16. The van der Waals surface area contributed by atoms with Crippen molar-refractivity contribution >= 4 is 39.2 Å². The number of thiazole rings is 1. The predicted octanol–water partition coefficient (Wildman–Crippen LogP) is 3.23. The standard InChI is InChI=1S/C22H22N2O6S/c1-5-30-20(26)12-24-16-10-17(28-3)18(29-4)11-19(16)31-22(24)23-21(27)15-8-6-14(7-9-15)13(2)25/h6-11H,5,12H2,1-4H3. The maximum atomic E-state index is 12.8. The first-order chi connectivity index (χ1) is 14.9. The molecule has 9 heteroatoms. The van der Waals surface area contributed by atoms with Crippen molar-refractivity contribution in [1.29, 1.82) is 0 Å². The molecule has 31 heavy (non-hydrogen) atoms. The number of aromatic nitrogens is 1. The van der Waals surface area contributed by atoms with E-state index in [-0.39, 0.29) is 18.9 Å². The van der Waals surface area contributed by atoms with Gasteiger partial charge in [0.05, 0.1) is 31.0 Å². The van der Waals surface area contributed by atoms with Crippen LogP contribution in [0.3, 0.4) is 0 Å². The number of hydrogen-bond acceptors (Lipinski definition) is 7. The topological polar surface area (TPSA) is 96.2 Å². The van der Waals surface area contributed by atoms with Gasteiger partial charge in [-0.25, -0.2) is 0 Å². The minimum absolute atomic E-state index is 0.0874. The maximum Gasteiger partial charge on any atom is 0.326 e. The number of carbonyl (C=O) groups is 3. The van der Waals surface area contributed by atoms with E-state index in [0.717, 1.165) is 4.70 Å². The molecule has 0 atom stereocenters. The highest BCUT2D eigenvalue weighted by Crippen LogP contribution is 2.33. The first-order valence-corrected chi connectivity index (χ1v) is 10.3. The number of ketones is 1. The average Bonchev–Trinajstić information content (AvgIpc) is 3.08. The summed E-state index contributed by atoms with van der Waals surface area (Å²) in [5, 5.41) is 0. The van der Waals surface area contributed by atoms with Crippen LogP contribution in [-0.2, 0) is 16.1 Å². The molecule has 0 aliphatic heterocycles. The first kappa shape index (κ1) is 22.2. The minimum atomic E-state index is -0.488. The van der Waals surface area contributed by atoms with Crippen LogP contribution in [0, 0.1) is 0 Å². The van der Waals surface area contributed by atoms with Gasteiger partial charge in [-0.15, -0.1) is 0 Å². The Balaban J connectivity index is 2.13. The quantitative estimate of drug-likeness (QED) is 0.412. The van der Waals surface area contributed by atoms with E-state index in [0.29, 0.717) is 32.9 Å². The summed E-state index contributed by atoms with van der Waals surface area (Å²) in [7, 11) is 3.05.